The lowest BCUT2D eigenvalue weighted by molar-refractivity contribution is 0.747. The molecule has 2 atom stereocenters. The number of benzene rings is 1. The third-order valence-corrected chi connectivity index (χ3v) is 5.17. The van der Waals surface area contributed by atoms with Crippen molar-refractivity contribution in [2.45, 2.75) is 24.6 Å². The van der Waals surface area contributed by atoms with E-state index < -0.39 is 0 Å². The molecule has 6 heteroatoms. The molecule has 2 aromatic rings. The maximum absolute atomic E-state index is 11.2. The van der Waals surface area contributed by atoms with E-state index in [1.54, 1.807) is 0 Å². The molecular formula is C12H14BrN3OS. The van der Waals surface area contributed by atoms with Gasteiger partial charge in [-0.1, -0.05) is 6.92 Å². The summed E-state index contributed by atoms with van der Waals surface area (Å²) in [5.41, 5.74) is 2.53. The predicted molar refractivity (Wildman–Crippen MR) is 80.6 cm³/mol. The lowest BCUT2D eigenvalue weighted by atomic mass is 10.2. The number of anilines is 1. The summed E-state index contributed by atoms with van der Waals surface area (Å²) >= 11 is 5.54. The number of aromatic nitrogens is 2. The Kier molecular flexibility index (Phi) is 3.15. The zero-order valence-corrected chi connectivity index (χ0v) is 12.3. The summed E-state index contributed by atoms with van der Waals surface area (Å²) in [4.78, 5) is 16.8. The number of thioether (sulfide) groups is 1. The third kappa shape index (κ3) is 2.31. The Morgan fingerprint density at radius 1 is 1.39 bits per heavy atom. The van der Waals surface area contributed by atoms with Crippen LogP contribution in [0.3, 0.4) is 0 Å². The summed E-state index contributed by atoms with van der Waals surface area (Å²) in [7, 11) is 0. The predicted octanol–water partition coefficient (Wildman–Crippen LogP) is 2.92. The van der Waals surface area contributed by atoms with E-state index in [-0.39, 0.29) is 5.69 Å². The van der Waals surface area contributed by atoms with Crippen molar-refractivity contribution in [2.24, 2.45) is 0 Å². The summed E-state index contributed by atoms with van der Waals surface area (Å²) in [6, 6.07) is 4.41. The number of H-pyrrole nitrogens is 2. The molecule has 0 saturated carbocycles. The van der Waals surface area contributed by atoms with E-state index in [1.165, 1.54) is 6.42 Å². The van der Waals surface area contributed by atoms with Gasteiger partial charge in [-0.15, -0.1) is 0 Å². The van der Waals surface area contributed by atoms with Crippen molar-refractivity contribution in [3.8, 4) is 0 Å². The van der Waals surface area contributed by atoms with Gasteiger partial charge in [-0.25, -0.2) is 4.79 Å². The summed E-state index contributed by atoms with van der Waals surface area (Å²) in [5.74, 6) is 1.13. The monoisotopic (exact) mass is 327 g/mol. The fourth-order valence-electron chi connectivity index (χ4n) is 2.30. The molecular weight excluding hydrogens is 314 g/mol. The van der Waals surface area contributed by atoms with Crippen LogP contribution in [0.4, 0.5) is 5.69 Å². The van der Waals surface area contributed by atoms with Crippen LogP contribution in [-0.4, -0.2) is 27.0 Å². The molecule has 1 fully saturated rings. The Morgan fingerprint density at radius 2 is 2.11 bits per heavy atom. The minimum Gasteiger partial charge on any atom is -0.380 e. The number of nitrogens with one attached hydrogen (secondary N) is 3. The molecule has 1 aromatic heterocycles. The van der Waals surface area contributed by atoms with Crippen molar-refractivity contribution >= 4 is 44.4 Å². The van der Waals surface area contributed by atoms with E-state index in [4.69, 9.17) is 0 Å². The van der Waals surface area contributed by atoms with Crippen molar-refractivity contribution < 1.29 is 0 Å². The molecule has 0 spiro atoms. The average molecular weight is 328 g/mol. The first-order chi connectivity index (χ1) is 8.61. The molecule has 1 aliphatic rings. The van der Waals surface area contributed by atoms with Crippen LogP contribution in [0.25, 0.3) is 11.0 Å². The van der Waals surface area contributed by atoms with Gasteiger partial charge in [-0.05, 0) is 34.5 Å². The quantitative estimate of drug-likeness (QED) is 0.794. The highest BCUT2D eigenvalue weighted by Gasteiger charge is 2.22. The van der Waals surface area contributed by atoms with Crippen LogP contribution in [0.5, 0.6) is 0 Å². The summed E-state index contributed by atoms with van der Waals surface area (Å²) in [6.45, 7) is 2.26. The van der Waals surface area contributed by atoms with Gasteiger partial charge in [0.1, 0.15) is 0 Å². The number of hydrogen-bond donors (Lipinski definition) is 3. The number of fused-ring (bicyclic) bond motifs is 1. The van der Waals surface area contributed by atoms with E-state index in [2.05, 4.69) is 38.1 Å². The molecule has 1 aromatic carbocycles. The number of hydrogen-bond acceptors (Lipinski definition) is 3. The van der Waals surface area contributed by atoms with Crippen LogP contribution in [0, 0.1) is 0 Å². The Hall–Kier alpha value is -0.880. The van der Waals surface area contributed by atoms with Crippen molar-refractivity contribution in [1.82, 2.24) is 9.97 Å². The van der Waals surface area contributed by atoms with Gasteiger partial charge in [-0.2, -0.15) is 11.8 Å². The Bertz CT molecular complexity index is 636. The van der Waals surface area contributed by atoms with Crippen LogP contribution in [-0.2, 0) is 0 Å². The van der Waals surface area contributed by atoms with E-state index in [0.717, 1.165) is 32.2 Å². The fraction of sp³-hybridized carbons (Fsp3) is 0.417. The fourth-order valence-corrected chi connectivity index (χ4v) is 3.91. The van der Waals surface area contributed by atoms with Gasteiger partial charge in [0.25, 0.3) is 0 Å². The molecule has 3 rings (SSSR count). The third-order valence-electron chi connectivity index (χ3n) is 3.16. The first kappa shape index (κ1) is 12.2. The van der Waals surface area contributed by atoms with Gasteiger partial charge in [0.2, 0.25) is 0 Å². The molecule has 4 nitrogen and oxygen atoms in total. The number of rotatable bonds is 2. The summed E-state index contributed by atoms with van der Waals surface area (Å²) < 4.78 is 0.981. The minimum atomic E-state index is -0.168. The molecule has 3 N–H and O–H groups in total. The maximum atomic E-state index is 11.2. The van der Waals surface area contributed by atoms with Crippen LogP contribution in [0.1, 0.15) is 13.3 Å². The number of imidazole rings is 1. The number of halogens is 1. The zero-order chi connectivity index (χ0) is 12.7. The molecule has 0 bridgehead atoms. The van der Waals surface area contributed by atoms with Gasteiger partial charge >= 0.3 is 5.69 Å². The minimum absolute atomic E-state index is 0.168. The second kappa shape index (κ2) is 4.66. The Labute approximate surface area is 117 Å². The zero-order valence-electron chi connectivity index (χ0n) is 9.92. The lowest BCUT2D eigenvalue weighted by Gasteiger charge is -2.14. The van der Waals surface area contributed by atoms with Crippen molar-refractivity contribution in [3.63, 3.8) is 0 Å². The summed E-state index contributed by atoms with van der Waals surface area (Å²) in [6.07, 6.45) is 1.18. The molecule has 96 valence electrons. The normalized spacial score (nSPS) is 23.7. The van der Waals surface area contributed by atoms with Crippen molar-refractivity contribution in [2.75, 3.05) is 11.1 Å². The Balaban J connectivity index is 1.91. The molecule has 1 aliphatic heterocycles. The molecule has 0 aliphatic carbocycles. The SMILES string of the molecule is CC1CC(Nc2cc3[nH]c(=O)[nH]c3cc2Br)CS1. The largest absolute Gasteiger partial charge is 0.380 e. The van der Waals surface area contributed by atoms with Crippen molar-refractivity contribution in [3.05, 3.63) is 27.1 Å². The van der Waals surface area contributed by atoms with Crippen LogP contribution >= 0.6 is 27.7 Å². The van der Waals surface area contributed by atoms with E-state index in [9.17, 15) is 4.79 Å². The van der Waals surface area contributed by atoms with Crippen molar-refractivity contribution in [1.29, 1.82) is 0 Å². The number of aromatic amines is 2. The highest BCUT2D eigenvalue weighted by molar-refractivity contribution is 9.10. The second-order valence-electron chi connectivity index (χ2n) is 4.68. The highest BCUT2D eigenvalue weighted by atomic mass is 79.9. The topological polar surface area (TPSA) is 60.7 Å². The molecule has 2 heterocycles. The van der Waals surface area contributed by atoms with E-state index >= 15 is 0 Å². The Morgan fingerprint density at radius 3 is 2.78 bits per heavy atom. The van der Waals surface area contributed by atoms with E-state index in [0.29, 0.717) is 6.04 Å². The van der Waals surface area contributed by atoms with Crippen LogP contribution in [0.2, 0.25) is 0 Å². The average Bonchev–Trinajstić information content (AvgIpc) is 2.85. The standard InChI is InChI=1S/C12H14BrN3OS/c1-6-2-7(5-18-6)14-9-4-11-10(3-8(9)13)15-12(17)16-11/h3-4,6-7,14H,2,5H2,1H3,(H2,15,16,17). The van der Waals surface area contributed by atoms with Gasteiger partial charge in [-0.3, -0.25) is 0 Å². The lowest BCUT2D eigenvalue weighted by Crippen LogP contribution is -2.19. The molecule has 0 radical (unpaired) electrons. The first-order valence-corrected chi connectivity index (χ1v) is 7.75. The van der Waals surface area contributed by atoms with Crippen LogP contribution in [0.15, 0.2) is 21.4 Å². The second-order valence-corrected chi connectivity index (χ2v) is 7.00. The maximum Gasteiger partial charge on any atom is 0.323 e. The van der Waals surface area contributed by atoms with Gasteiger partial charge in [0.15, 0.2) is 0 Å². The molecule has 2 unspecified atom stereocenters. The molecule has 18 heavy (non-hydrogen) atoms. The summed E-state index contributed by atoms with van der Waals surface area (Å²) in [5, 5.41) is 4.26. The van der Waals surface area contributed by atoms with Gasteiger partial charge in [0.05, 0.1) is 16.7 Å². The molecule has 1 saturated heterocycles. The first-order valence-electron chi connectivity index (χ1n) is 5.91. The smallest absolute Gasteiger partial charge is 0.323 e. The highest BCUT2D eigenvalue weighted by Crippen LogP contribution is 2.32. The van der Waals surface area contributed by atoms with Gasteiger partial charge < -0.3 is 15.3 Å². The molecule has 0 amide bonds. The van der Waals surface area contributed by atoms with E-state index in [1.807, 2.05) is 23.9 Å². The van der Waals surface area contributed by atoms with Gasteiger partial charge in [0, 0.05) is 21.5 Å². The van der Waals surface area contributed by atoms with Crippen LogP contribution < -0.4 is 11.0 Å².